The van der Waals surface area contributed by atoms with E-state index in [9.17, 15) is 9.18 Å². The van der Waals surface area contributed by atoms with E-state index in [1.54, 1.807) is 25.1 Å². The molecule has 27 heavy (non-hydrogen) atoms. The fourth-order valence-corrected chi connectivity index (χ4v) is 3.57. The molecule has 0 saturated carbocycles. The average Bonchev–Trinajstić information content (AvgIpc) is 3.20. The number of hydrogen-bond donors (Lipinski definition) is 1. The summed E-state index contributed by atoms with van der Waals surface area (Å²) < 4.78 is 30.8. The molecule has 0 spiro atoms. The number of benzene rings is 2. The topological polar surface area (TPSA) is 56.8 Å². The third kappa shape index (κ3) is 3.76. The summed E-state index contributed by atoms with van der Waals surface area (Å²) >= 11 is 0. The van der Waals surface area contributed by atoms with Crippen LogP contribution in [0.1, 0.15) is 31.4 Å². The van der Waals surface area contributed by atoms with Crippen LogP contribution in [0.2, 0.25) is 0 Å². The highest BCUT2D eigenvalue weighted by atomic mass is 19.1. The molecule has 2 heterocycles. The van der Waals surface area contributed by atoms with Gasteiger partial charge in [0.1, 0.15) is 11.9 Å². The van der Waals surface area contributed by atoms with Crippen LogP contribution in [0.3, 0.4) is 0 Å². The Kier molecular flexibility index (Phi) is 4.99. The number of carbonyl (C=O) groups excluding carboxylic acids is 1. The van der Waals surface area contributed by atoms with Crippen LogP contribution in [-0.2, 0) is 9.53 Å². The minimum atomic E-state index is -0.774. The van der Waals surface area contributed by atoms with Crippen molar-refractivity contribution < 1.29 is 23.4 Å². The van der Waals surface area contributed by atoms with Gasteiger partial charge in [-0.05, 0) is 49.6 Å². The van der Waals surface area contributed by atoms with E-state index in [4.69, 9.17) is 14.2 Å². The number of nitrogens with one attached hydrogen (secondary N) is 1. The zero-order valence-electron chi connectivity index (χ0n) is 15.1. The third-order valence-corrected chi connectivity index (χ3v) is 4.96. The normalized spacial score (nSPS) is 25.0. The molecule has 4 rings (SSSR count). The van der Waals surface area contributed by atoms with Crippen molar-refractivity contribution in [3.63, 3.8) is 0 Å². The smallest absolute Gasteiger partial charge is 0.265 e. The molecule has 0 radical (unpaired) electrons. The first kappa shape index (κ1) is 17.8. The molecule has 0 aliphatic carbocycles. The Hall–Kier alpha value is -2.60. The molecule has 0 bridgehead atoms. The molecule has 1 amide bonds. The Labute approximate surface area is 157 Å². The molecule has 5 nitrogen and oxygen atoms in total. The van der Waals surface area contributed by atoms with E-state index in [0.29, 0.717) is 18.1 Å². The van der Waals surface area contributed by atoms with E-state index in [1.807, 2.05) is 18.2 Å². The number of amides is 1. The Balaban J connectivity index is 1.54. The van der Waals surface area contributed by atoms with Crippen LogP contribution in [0, 0.1) is 5.82 Å². The Bertz CT molecular complexity index is 804. The number of fused-ring (bicyclic) bond motifs is 1. The third-order valence-electron chi connectivity index (χ3n) is 4.96. The maximum absolute atomic E-state index is 13.3. The number of para-hydroxylation sites is 2. The van der Waals surface area contributed by atoms with E-state index in [1.165, 1.54) is 12.1 Å². The van der Waals surface area contributed by atoms with Crippen molar-refractivity contribution in [2.75, 3.05) is 6.61 Å². The summed E-state index contributed by atoms with van der Waals surface area (Å²) in [4.78, 5) is 13.0. The number of hydrogen-bond acceptors (Lipinski definition) is 4. The maximum Gasteiger partial charge on any atom is 0.265 e. The molecule has 2 aromatic rings. The SMILES string of the molecule is C[C@@H]1Oc2ccccc2O[C@@H]1C(=O)N[C@@H](c1ccc(F)cc1)[C@H]1CCCO1. The second kappa shape index (κ2) is 7.56. The molecular formula is C21H22FNO4. The van der Waals surface area contributed by atoms with Crippen molar-refractivity contribution in [3.8, 4) is 11.5 Å². The highest BCUT2D eigenvalue weighted by Crippen LogP contribution is 2.34. The van der Waals surface area contributed by atoms with Crippen LogP contribution in [0.4, 0.5) is 4.39 Å². The monoisotopic (exact) mass is 371 g/mol. The average molecular weight is 371 g/mol. The summed E-state index contributed by atoms with van der Waals surface area (Å²) in [7, 11) is 0. The molecule has 6 heteroatoms. The first-order valence-corrected chi connectivity index (χ1v) is 9.21. The van der Waals surface area contributed by atoms with Crippen molar-refractivity contribution >= 4 is 5.91 Å². The lowest BCUT2D eigenvalue weighted by Crippen LogP contribution is -2.51. The predicted octanol–water partition coefficient (Wildman–Crippen LogP) is 3.39. The van der Waals surface area contributed by atoms with Crippen LogP contribution in [0.15, 0.2) is 48.5 Å². The van der Waals surface area contributed by atoms with Gasteiger partial charge in [0.2, 0.25) is 6.10 Å². The fourth-order valence-electron chi connectivity index (χ4n) is 3.57. The summed E-state index contributed by atoms with van der Waals surface area (Å²) in [6.45, 7) is 2.46. The summed E-state index contributed by atoms with van der Waals surface area (Å²) in [5.41, 5.74) is 0.807. The summed E-state index contributed by atoms with van der Waals surface area (Å²) in [6.07, 6.45) is 0.419. The second-order valence-corrected chi connectivity index (χ2v) is 6.90. The highest BCUT2D eigenvalue weighted by Gasteiger charge is 2.37. The van der Waals surface area contributed by atoms with Crippen molar-refractivity contribution in [1.29, 1.82) is 0 Å². The van der Waals surface area contributed by atoms with Crippen molar-refractivity contribution in [2.45, 2.75) is 44.1 Å². The van der Waals surface area contributed by atoms with Gasteiger partial charge in [0.15, 0.2) is 11.5 Å². The molecule has 2 aromatic carbocycles. The lowest BCUT2D eigenvalue weighted by atomic mass is 9.98. The van der Waals surface area contributed by atoms with Gasteiger partial charge in [-0.15, -0.1) is 0 Å². The zero-order valence-corrected chi connectivity index (χ0v) is 15.1. The second-order valence-electron chi connectivity index (χ2n) is 6.90. The van der Waals surface area contributed by atoms with Gasteiger partial charge in [0, 0.05) is 6.61 Å². The predicted molar refractivity (Wildman–Crippen MR) is 97.2 cm³/mol. The van der Waals surface area contributed by atoms with E-state index in [2.05, 4.69) is 5.32 Å². The lowest BCUT2D eigenvalue weighted by Gasteiger charge is -2.33. The van der Waals surface area contributed by atoms with Gasteiger partial charge in [-0.25, -0.2) is 4.39 Å². The van der Waals surface area contributed by atoms with Gasteiger partial charge in [-0.1, -0.05) is 24.3 Å². The summed E-state index contributed by atoms with van der Waals surface area (Å²) in [5.74, 6) is 0.585. The van der Waals surface area contributed by atoms with E-state index < -0.39 is 12.2 Å². The van der Waals surface area contributed by atoms with Gasteiger partial charge in [0.05, 0.1) is 12.1 Å². The van der Waals surface area contributed by atoms with Crippen LogP contribution in [-0.4, -0.2) is 30.8 Å². The van der Waals surface area contributed by atoms with Crippen LogP contribution >= 0.6 is 0 Å². The molecular weight excluding hydrogens is 349 g/mol. The van der Waals surface area contributed by atoms with Crippen molar-refractivity contribution in [1.82, 2.24) is 5.32 Å². The number of rotatable bonds is 4. The molecule has 142 valence electrons. The van der Waals surface area contributed by atoms with Crippen LogP contribution in [0.25, 0.3) is 0 Å². The zero-order chi connectivity index (χ0) is 18.8. The van der Waals surface area contributed by atoms with E-state index in [-0.39, 0.29) is 23.9 Å². The van der Waals surface area contributed by atoms with Gasteiger partial charge in [-0.3, -0.25) is 4.79 Å². The van der Waals surface area contributed by atoms with Crippen molar-refractivity contribution in [2.24, 2.45) is 0 Å². The Morgan fingerprint density at radius 3 is 2.48 bits per heavy atom. The summed E-state index contributed by atoms with van der Waals surface area (Å²) in [6, 6.07) is 13.1. The van der Waals surface area contributed by atoms with Gasteiger partial charge in [-0.2, -0.15) is 0 Å². The van der Waals surface area contributed by atoms with E-state index >= 15 is 0 Å². The quantitative estimate of drug-likeness (QED) is 0.895. The number of carbonyl (C=O) groups is 1. The number of halogens is 1. The molecule has 4 atom stereocenters. The summed E-state index contributed by atoms with van der Waals surface area (Å²) in [5, 5.41) is 3.03. The lowest BCUT2D eigenvalue weighted by molar-refractivity contribution is -0.135. The molecule has 0 aromatic heterocycles. The van der Waals surface area contributed by atoms with E-state index in [0.717, 1.165) is 18.4 Å². The standard InChI is InChI=1S/C21H22FNO4/c1-13-20(27-17-6-3-2-5-16(17)26-13)21(24)23-19(18-7-4-12-25-18)14-8-10-15(22)11-9-14/h2-3,5-6,8-11,13,18-20H,4,7,12H2,1H3,(H,23,24)/t13-,18+,19-,20-/m0/s1. The molecule has 2 aliphatic heterocycles. The van der Waals surface area contributed by atoms with Crippen LogP contribution in [0.5, 0.6) is 11.5 Å². The Morgan fingerprint density at radius 2 is 1.81 bits per heavy atom. The molecule has 1 saturated heterocycles. The minimum Gasteiger partial charge on any atom is -0.482 e. The number of ether oxygens (including phenoxy) is 3. The fraction of sp³-hybridized carbons (Fsp3) is 0.381. The first-order chi connectivity index (χ1) is 13.1. The Morgan fingerprint density at radius 1 is 1.11 bits per heavy atom. The van der Waals surface area contributed by atoms with Gasteiger partial charge >= 0.3 is 0 Å². The van der Waals surface area contributed by atoms with Gasteiger partial charge < -0.3 is 19.5 Å². The highest BCUT2D eigenvalue weighted by molar-refractivity contribution is 5.82. The first-order valence-electron chi connectivity index (χ1n) is 9.21. The van der Waals surface area contributed by atoms with Gasteiger partial charge in [0.25, 0.3) is 5.91 Å². The maximum atomic E-state index is 13.3. The molecule has 1 fully saturated rings. The minimum absolute atomic E-state index is 0.147. The largest absolute Gasteiger partial charge is 0.482 e. The van der Waals surface area contributed by atoms with Crippen LogP contribution < -0.4 is 14.8 Å². The molecule has 0 unspecified atom stereocenters. The molecule has 2 aliphatic rings. The molecule has 1 N–H and O–H groups in total. The van der Waals surface area contributed by atoms with Crippen molar-refractivity contribution in [3.05, 3.63) is 59.9 Å².